The van der Waals surface area contributed by atoms with Crippen LogP contribution in [0.3, 0.4) is 0 Å². The van der Waals surface area contributed by atoms with E-state index < -0.39 is 0 Å². The van der Waals surface area contributed by atoms with Gasteiger partial charge in [0.25, 0.3) is 0 Å². The fourth-order valence-corrected chi connectivity index (χ4v) is 2.93. The van der Waals surface area contributed by atoms with Crippen molar-refractivity contribution in [2.45, 2.75) is 57.5 Å². The zero-order valence-electron chi connectivity index (χ0n) is 12.0. The maximum Gasteiger partial charge on any atom is 0.236 e. The van der Waals surface area contributed by atoms with Gasteiger partial charge in [0.15, 0.2) is 0 Å². The van der Waals surface area contributed by atoms with E-state index in [9.17, 15) is 4.79 Å². The van der Waals surface area contributed by atoms with E-state index in [1.54, 1.807) is 0 Å². The maximum absolute atomic E-state index is 12.0. The highest BCUT2D eigenvalue weighted by Crippen LogP contribution is 2.14. The standard InChI is InChI=1S/C15H28N2O2/c18-15(17-10-4-1-2-5-11-17)13-16-9-8-14-7-3-6-12-19-14/h14,16H,1-13H2. The minimum atomic E-state index is 0.270. The van der Waals surface area contributed by atoms with Crippen LogP contribution in [0.5, 0.6) is 0 Å². The first kappa shape index (κ1) is 14.8. The number of likely N-dealkylation sites (tertiary alicyclic amines) is 1. The second-order valence-corrected chi connectivity index (χ2v) is 5.75. The van der Waals surface area contributed by atoms with Crippen LogP contribution in [-0.4, -0.2) is 49.7 Å². The number of nitrogens with one attached hydrogen (secondary N) is 1. The summed E-state index contributed by atoms with van der Waals surface area (Å²) in [6.45, 7) is 4.20. The summed E-state index contributed by atoms with van der Waals surface area (Å²) in [6.07, 6.45) is 10.0. The molecule has 0 aromatic heterocycles. The van der Waals surface area contributed by atoms with Gasteiger partial charge >= 0.3 is 0 Å². The predicted octanol–water partition coefficient (Wildman–Crippen LogP) is 1.94. The summed E-state index contributed by atoms with van der Waals surface area (Å²) in [6, 6.07) is 0. The van der Waals surface area contributed by atoms with Crippen molar-refractivity contribution >= 4 is 5.91 Å². The lowest BCUT2D eigenvalue weighted by Crippen LogP contribution is -2.39. The summed E-state index contributed by atoms with van der Waals surface area (Å²) in [5, 5.41) is 3.28. The van der Waals surface area contributed by atoms with E-state index in [-0.39, 0.29) is 5.91 Å². The van der Waals surface area contributed by atoms with E-state index in [4.69, 9.17) is 4.74 Å². The molecule has 4 nitrogen and oxygen atoms in total. The van der Waals surface area contributed by atoms with Crippen molar-refractivity contribution in [1.29, 1.82) is 0 Å². The number of nitrogens with zero attached hydrogens (tertiary/aromatic N) is 1. The van der Waals surface area contributed by atoms with Crippen molar-refractivity contribution in [1.82, 2.24) is 10.2 Å². The van der Waals surface area contributed by atoms with E-state index in [0.717, 1.165) is 32.7 Å². The second kappa shape index (κ2) is 8.54. The van der Waals surface area contributed by atoms with Gasteiger partial charge in [-0.05, 0) is 45.1 Å². The minimum absolute atomic E-state index is 0.270. The molecule has 0 aromatic carbocycles. The van der Waals surface area contributed by atoms with Crippen LogP contribution in [-0.2, 0) is 9.53 Å². The Morgan fingerprint density at radius 2 is 1.89 bits per heavy atom. The van der Waals surface area contributed by atoms with Crippen molar-refractivity contribution in [2.24, 2.45) is 0 Å². The molecule has 0 aromatic rings. The highest BCUT2D eigenvalue weighted by molar-refractivity contribution is 5.78. The van der Waals surface area contributed by atoms with Gasteiger partial charge in [-0.1, -0.05) is 12.8 Å². The summed E-state index contributed by atoms with van der Waals surface area (Å²) in [4.78, 5) is 14.1. The first-order chi connectivity index (χ1) is 9.36. The topological polar surface area (TPSA) is 41.6 Å². The van der Waals surface area contributed by atoms with E-state index >= 15 is 0 Å². The number of carbonyl (C=O) groups excluding carboxylic acids is 1. The quantitative estimate of drug-likeness (QED) is 0.775. The lowest BCUT2D eigenvalue weighted by molar-refractivity contribution is -0.130. The van der Waals surface area contributed by atoms with Crippen LogP contribution in [0.25, 0.3) is 0 Å². The van der Waals surface area contributed by atoms with Crippen LogP contribution < -0.4 is 5.32 Å². The number of hydrogen-bond donors (Lipinski definition) is 1. The van der Waals surface area contributed by atoms with Crippen molar-refractivity contribution in [3.05, 3.63) is 0 Å². The Hall–Kier alpha value is -0.610. The van der Waals surface area contributed by atoms with Crippen molar-refractivity contribution < 1.29 is 9.53 Å². The van der Waals surface area contributed by atoms with Gasteiger partial charge in [0.1, 0.15) is 0 Å². The van der Waals surface area contributed by atoms with Crippen LogP contribution in [0.4, 0.5) is 0 Å². The van der Waals surface area contributed by atoms with Crippen molar-refractivity contribution in [3.8, 4) is 0 Å². The molecule has 0 spiro atoms. The van der Waals surface area contributed by atoms with Crippen LogP contribution >= 0.6 is 0 Å². The van der Waals surface area contributed by atoms with Gasteiger partial charge in [-0.25, -0.2) is 0 Å². The first-order valence-corrected chi connectivity index (χ1v) is 7.96. The van der Waals surface area contributed by atoms with Crippen molar-refractivity contribution in [3.63, 3.8) is 0 Å². The fourth-order valence-electron chi connectivity index (χ4n) is 2.93. The van der Waals surface area contributed by atoms with Gasteiger partial charge in [-0.3, -0.25) is 4.79 Å². The lowest BCUT2D eigenvalue weighted by Gasteiger charge is -2.23. The van der Waals surface area contributed by atoms with Crippen LogP contribution in [0.15, 0.2) is 0 Å². The Balaban J connectivity index is 1.55. The Morgan fingerprint density at radius 3 is 2.58 bits per heavy atom. The molecule has 0 bridgehead atoms. The molecular formula is C15H28N2O2. The van der Waals surface area contributed by atoms with Gasteiger partial charge < -0.3 is 15.0 Å². The molecule has 2 rings (SSSR count). The number of rotatable bonds is 5. The molecule has 110 valence electrons. The van der Waals surface area contributed by atoms with E-state index in [1.807, 2.05) is 4.90 Å². The first-order valence-electron chi connectivity index (χ1n) is 7.96. The normalized spacial score (nSPS) is 25.1. The van der Waals surface area contributed by atoms with E-state index in [0.29, 0.717) is 12.6 Å². The molecule has 2 aliphatic heterocycles. The third-order valence-electron chi connectivity index (χ3n) is 4.15. The number of amides is 1. The van der Waals surface area contributed by atoms with Gasteiger partial charge in [-0.15, -0.1) is 0 Å². The Kier molecular flexibility index (Phi) is 6.65. The Bertz CT molecular complexity index is 257. The van der Waals surface area contributed by atoms with E-state index in [2.05, 4.69) is 5.32 Å². The lowest BCUT2D eigenvalue weighted by atomic mass is 10.1. The third-order valence-corrected chi connectivity index (χ3v) is 4.15. The highest BCUT2D eigenvalue weighted by atomic mass is 16.5. The average Bonchev–Trinajstić information content (AvgIpc) is 2.73. The van der Waals surface area contributed by atoms with Crippen LogP contribution in [0, 0.1) is 0 Å². The molecule has 0 aliphatic carbocycles. The molecule has 1 amide bonds. The molecule has 2 heterocycles. The summed E-state index contributed by atoms with van der Waals surface area (Å²) in [7, 11) is 0. The number of carbonyl (C=O) groups is 1. The molecule has 19 heavy (non-hydrogen) atoms. The van der Waals surface area contributed by atoms with Gasteiger partial charge in [0.05, 0.1) is 12.6 Å². The average molecular weight is 268 g/mol. The predicted molar refractivity (Wildman–Crippen MR) is 76.1 cm³/mol. The zero-order chi connectivity index (χ0) is 13.3. The molecule has 0 saturated carbocycles. The monoisotopic (exact) mass is 268 g/mol. The van der Waals surface area contributed by atoms with Gasteiger partial charge in [0.2, 0.25) is 5.91 Å². The molecular weight excluding hydrogens is 240 g/mol. The third kappa shape index (κ3) is 5.49. The highest BCUT2D eigenvalue weighted by Gasteiger charge is 2.16. The maximum atomic E-state index is 12.0. The molecule has 2 aliphatic rings. The Morgan fingerprint density at radius 1 is 1.11 bits per heavy atom. The Labute approximate surface area is 116 Å². The van der Waals surface area contributed by atoms with Crippen molar-refractivity contribution in [2.75, 3.05) is 32.8 Å². The largest absolute Gasteiger partial charge is 0.378 e. The number of hydrogen-bond acceptors (Lipinski definition) is 3. The summed E-state index contributed by atoms with van der Waals surface area (Å²) in [5.74, 6) is 0.270. The minimum Gasteiger partial charge on any atom is -0.378 e. The smallest absolute Gasteiger partial charge is 0.236 e. The molecule has 1 unspecified atom stereocenters. The SMILES string of the molecule is O=C(CNCCC1CCCCO1)N1CCCCCC1. The molecule has 1 N–H and O–H groups in total. The molecule has 1 atom stereocenters. The molecule has 4 heteroatoms. The summed E-state index contributed by atoms with van der Waals surface area (Å²) < 4.78 is 5.68. The zero-order valence-corrected chi connectivity index (χ0v) is 12.0. The molecule has 2 saturated heterocycles. The van der Waals surface area contributed by atoms with Crippen LogP contribution in [0.2, 0.25) is 0 Å². The second-order valence-electron chi connectivity index (χ2n) is 5.75. The van der Waals surface area contributed by atoms with Gasteiger partial charge in [0, 0.05) is 19.7 Å². The summed E-state index contributed by atoms with van der Waals surface area (Å²) >= 11 is 0. The summed E-state index contributed by atoms with van der Waals surface area (Å²) in [5.41, 5.74) is 0. The molecule has 2 fully saturated rings. The van der Waals surface area contributed by atoms with E-state index in [1.165, 1.54) is 44.9 Å². The van der Waals surface area contributed by atoms with Crippen LogP contribution in [0.1, 0.15) is 51.4 Å². The number of ether oxygens (including phenoxy) is 1. The fraction of sp³-hybridized carbons (Fsp3) is 0.933. The van der Waals surface area contributed by atoms with Gasteiger partial charge in [-0.2, -0.15) is 0 Å². The molecule has 0 radical (unpaired) electrons.